The third-order valence-corrected chi connectivity index (χ3v) is 8.47. The fraction of sp³-hybridized carbons (Fsp3) is 0.810. The standard InChI is InChI=1S/C21H30ClN3O4S/c1-28-20-15(24-21-25-19(22)14(10-23)30-21)16(26)17(27)18(29-20)13-8-6-12(7-9-13)11-4-2-3-5-11/h11-13,15-18,20,26-27H,2-9H2,1H3,(H,24,25)/t12?,13?,15-,16+,17+,18+,20+/m0/s1. The molecule has 0 unspecified atom stereocenters. The van der Waals surface area contributed by atoms with Crippen molar-refractivity contribution in [3.63, 3.8) is 0 Å². The van der Waals surface area contributed by atoms with Gasteiger partial charge in [-0.1, -0.05) is 48.6 Å². The number of nitriles is 1. The monoisotopic (exact) mass is 455 g/mol. The van der Waals surface area contributed by atoms with Crippen LogP contribution in [0.5, 0.6) is 0 Å². The Labute approximate surface area is 186 Å². The Morgan fingerprint density at radius 1 is 1.10 bits per heavy atom. The first-order valence-electron chi connectivity index (χ1n) is 10.9. The molecule has 2 heterocycles. The lowest BCUT2D eigenvalue weighted by Crippen LogP contribution is -2.62. The molecular weight excluding hydrogens is 426 g/mol. The minimum Gasteiger partial charge on any atom is -0.388 e. The van der Waals surface area contributed by atoms with Gasteiger partial charge in [0.25, 0.3) is 0 Å². The van der Waals surface area contributed by atoms with E-state index in [1.54, 1.807) is 0 Å². The van der Waals surface area contributed by atoms with Gasteiger partial charge in [-0.25, -0.2) is 4.98 Å². The number of rotatable bonds is 5. The molecule has 1 aromatic rings. The van der Waals surface area contributed by atoms with Crippen molar-refractivity contribution in [1.82, 2.24) is 4.98 Å². The second-order valence-electron chi connectivity index (χ2n) is 8.83. The average molecular weight is 456 g/mol. The maximum absolute atomic E-state index is 10.9. The number of thiazole rings is 1. The number of nitrogens with zero attached hydrogens (tertiary/aromatic N) is 2. The molecule has 2 aliphatic carbocycles. The lowest BCUT2D eigenvalue weighted by Gasteiger charge is -2.46. The van der Waals surface area contributed by atoms with Gasteiger partial charge in [-0.3, -0.25) is 0 Å². The largest absolute Gasteiger partial charge is 0.388 e. The van der Waals surface area contributed by atoms with E-state index >= 15 is 0 Å². The van der Waals surface area contributed by atoms with Crippen LogP contribution in [-0.2, 0) is 9.47 Å². The number of halogens is 1. The Morgan fingerprint density at radius 2 is 1.73 bits per heavy atom. The van der Waals surface area contributed by atoms with E-state index in [0.717, 1.165) is 36.0 Å². The summed E-state index contributed by atoms with van der Waals surface area (Å²) < 4.78 is 11.7. The Morgan fingerprint density at radius 3 is 2.33 bits per heavy atom. The van der Waals surface area contributed by atoms with Gasteiger partial charge in [-0.2, -0.15) is 5.26 Å². The van der Waals surface area contributed by atoms with Crippen LogP contribution < -0.4 is 5.32 Å². The van der Waals surface area contributed by atoms with Crippen molar-refractivity contribution in [3.05, 3.63) is 10.0 Å². The first kappa shape index (κ1) is 22.3. The number of methoxy groups -OCH3 is 1. The third kappa shape index (κ3) is 4.47. The number of hydrogen-bond acceptors (Lipinski definition) is 8. The molecule has 1 aromatic heterocycles. The summed E-state index contributed by atoms with van der Waals surface area (Å²) in [5, 5.41) is 34.3. The molecule has 1 aliphatic heterocycles. The molecule has 3 fully saturated rings. The van der Waals surface area contributed by atoms with Crippen LogP contribution in [-0.4, -0.2) is 53.0 Å². The zero-order valence-electron chi connectivity index (χ0n) is 17.2. The van der Waals surface area contributed by atoms with E-state index in [1.165, 1.54) is 45.6 Å². The van der Waals surface area contributed by atoms with Gasteiger partial charge in [-0.15, -0.1) is 0 Å². The van der Waals surface area contributed by atoms with Crippen molar-refractivity contribution >= 4 is 28.1 Å². The summed E-state index contributed by atoms with van der Waals surface area (Å²) in [4.78, 5) is 4.39. The lowest BCUT2D eigenvalue weighted by molar-refractivity contribution is -0.262. The highest BCUT2D eigenvalue weighted by Crippen LogP contribution is 2.43. The summed E-state index contributed by atoms with van der Waals surface area (Å²) >= 11 is 7.03. The molecule has 0 aromatic carbocycles. The minimum atomic E-state index is -1.09. The normalized spacial score (nSPS) is 37.8. The van der Waals surface area contributed by atoms with E-state index in [1.807, 2.05) is 6.07 Å². The Hall–Kier alpha value is -0.950. The van der Waals surface area contributed by atoms with E-state index < -0.39 is 30.6 Å². The Bertz CT molecular complexity index is 756. The van der Waals surface area contributed by atoms with Gasteiger partial charge in [0.05, 0.1) is 6.10 Å². The van der Waals surface area contributed by atoms with Crippen molar-refractivity contribution in [2.75, 3.05) is 12.4 Å². The zero-order chi connectivity index (χ0) is 21.3. The first-order chi connectivity index (χ1) is 14.5. The molecule has 2 saturated carbocycles. The molecule has 3 aliphatic rings. The number of aromatic nitrogens is 1. The van der Waals surface area contributed by atoms with Crippen molar-refractivity contribution in [1.29, 1.82) is 5.26 Å². The maximum atomic E-state index is 10.9. The number of nitrogens with one attached hydrogen (secondary N) is 1. The van der Waals surface area contributed by atoms with E-state index in [9.17, 15) is 10.2 Å². The van der Waals surface area contributed by atoms with Crippen molar-refractivity contribution in [3.8, 4) is 6.07 Å². The molecule has 1 saturated heterocycles. The molecule has 0 radical (unpaired) electrons. The fourth-order valence-corrected chi connectivity index (χ4v) is 6.58. The van der Waals surface area contributed by atoms with Crippen LogP contribution in [0.1, 0.15) is 56.2 Å². The third-order valence-electron chi connectivity index (χ3n) is 7.20. The van der Waals surface area contributed by atoms with Gasteiger partial charge >= 0.3 is 0 Å². The average Bonchev–Trinajstić information content (AvgIpc) is 3.41. The number of anilines is 1. The van der Waals surface area contributed by atoms with Crippen LogP contribution in [0.4, 0.5) is 5.13 Å². The van der Waals surface area contributed by atoms with Crippen LogP contribution in [0, 0.1) is 29.1 Å². The Balaban J connectivity index is 1.40. The SMILES string of the molecule is CO[C@@H]1O[C@H](C2CCC(C3CCCC3)CC2)[C@H](O)[C@H](O)[C@@H]1Nc1nc(Cl)c(C#N)s1. The molecular formula is C21H30ClN3O4S. The van der Waals surface area contributed by atoms with Gasteiger partial charge in [0.1, 0.15) is 29.2 Å². The van der Waals surface area contributed by atoms with Crippen LogP contribution in [0.2, 0.25) is 5.15 Å². The second-order valence-corrected chi connectivity index (χ2v) is 10.2. The molecule has 3 N–H and O–H groups in total. The zero-order valence-corrected chi connectivity index (χ0v) is 18.7. The van der Waals surface area contributed by atoms with E-state index in [-0.39, 0.29) is 15.9 Å². The van der Waals surface area contributed by atoms with E-state index in [0.29, 0.717) is 5.13 Å². The summed E-state index contributed by atoms with van der Waals surface area (Å²) in [6, 6.07) is 1.26. The summed E-state index contributed by atoms with van der Waals surface area (Å²) in [6.07, 6.45) is 6.52. The molecule has 0 amide bonds. The number of hydrogen-bond donors (Lipinski definition) is 3. The van der Waals surface area contributed by atoms with Crippen LogP contribution in [0.15, 0.2) is 0 Å². The van der Waals surface area contributed by atoms with Gasteiger partial charge in [0.15, 0.2) is 16.6 Å². The molecule has 9 heteroatoms. The molecule has 30 heavy (non-hydrogen) atoms. The predicted molar refractivity (Wildman–Crippen MR) is 114 cm³/mol. The molecule has 0 bridgehead atoms. The molecule has 7 nitrogen and oxygen atoms in total. The number of ether oxygens (including phenoxy) is 2. The summed E-state index contributed by atoms with van der Waals surface area (Å²) in [7, 11) is 1.52. The van der Waals surface area contributed by atoms with Crippen LogP contribution in [0.3, 0.4) is 0 Å². The topological polar surface area (TPSA) is 108 Å². The van der Waals surface area contributed by atoms with Crippen molar-refractivity contribution in [2.24, 2.45) is 17.8 Å². The summed E-state index contributed by atoms with van der Waals surface area (Å²) in [5.74, 6) is 1.88. The maximum Gasteiger partial charge on any atom is 0.185 e. The quantitative estimate of drug-likeness (QED) is 0.623. The highest BCUT2D eigenvalue weighted by Gasteiger charge is 2.48. The van der Waals surface area contributed by atoms with Crippen LogP contribution >= 0.6 is 22.9 Å². The molecule has 5 atom stereocenters. The highest BCUT2D eigenvalue weighted by atomic mass is 35.5. The second kappa shape index (κ2) is 9.68. The smallest absolute Gasteiger partial charge is 0.185 e. The summed E-state index contributed by atoms with van der Waals surface area (Å²) in [6.45, 7) is 0. The number of aliphatic hydroxyl groups excluding tert-OH is 2. The van der Waals surface area contributed by atoms with Gasteiger partial charge < -0.3 is 25.0 Å². The molecule has 166 valence electrons. The molecule has 0 spiro atoms. The lowest BCUT2D eigenvalue weighted by atomic mass is 9.72. The van der Waals surface area contributed by atoms with Gasteiger partial charge in [0, 0.05) is 7.11 Å². The van der Waals surface area contributed by atoms with Crippen molar-refractivity contribution < 1.29 is 19.7 Å². The predicted octanol–water partition coefficient (Wildman–Crippen LogP) is 3.54. The fourth-order valence-electron chi connectivity index (χ4n) is 5.58. The van der Waals surface area contributed by atoms with E-state index in [2.05, 4.69) is 10.3 Å². The Kier molecular flexibility index (Phi) is 7.18. The molecule has 4 rings (SSSR count). The number of aliphatic hydroxyl groups is 2. The van der Waals surface area contributed by atoms with E-state index in [4.69, 9.17) is 26.3 Å². The van der Waals surface area contributed by atoms with Crippen molar-refractivity contribution in [2.45, 2.75) is 82.0 Å². The highest BCUT2D eigenvalue weighted by molar-refractivity contribution is 7.16. The van der Waals surface area contributed by atoms with Gasteiger partial charge in [0.2, 0.25) is 0 Å². The van der Waals surface area contributed by atoms with Crippen LogP contribution in [0.25, 0.3) is 0 Å². The summed E-state index contributed by atoms with van der Waals surface area (Å²) in [5.41, 5.74) is 0. The first-order valence-corrected chi connectivity index (χ1v) is 12.1. The van der Waals surface area contributed by atoms with Gasteiger partial charge in [-0.05, 0) is 43.4 Å². The minimum absolute atomic E-state index is 0.114.